The van der Waals surface area contributed by atoms with Crippen LogP contribution in [-0.4, -0.2) is 42.4 Å². The molecule has 0 spiro atoms. The number of carbonyl (C=O) groups excluding carboxylic acids is 1. The van der Waals surface area contributed by atoms with E-state index < -0.39 is 5.97 Å². The van der Waals surface area contributed by atoms with Crippen LogP contribution < -0.4 is 0 Å². The highest BCUT2D eigenvalue weighted by molar-refractivity contribution is 5.85. The lowest BCUT2D eigenvalue weighted by Gasteiger charge is -2.03. The molecular weight excluding hydrogens is 272 g/mol. The van der Waals surface area contributed by atoms with Crippen molar-refractivity contribution < 1.29 is 9.53 Å². The van der Waals surface area contributed by atoms with Crippen molar-refractivity contribution in [3.63, 3.8) is 0 Å². The number of carbonyl (C=O) groups is 1. The Morgan fingerprint density at radius 3 is 2.67 bits per heavy atom. The predicted octanol–water partition coefficient (Wildman–Crippen LogP) is 0.928. The Labute approximate surface area is 120 Å². The number of esters is 1. The second-order valence-electron chi connectivity index (χ2n) is 4.64. The molecule has 8 nitrogen and oxygen atoms in total. The molecule has 0 atom stereocenters. The number of aromatic nitrogens is 6. The molecule has 0 aliphatic heterocycles. The Morgan fingerprint density at radius 1 is 1.29 bits per heavy atom. The van der Waals surface area contributed by atoms with Gasteiger partial charge in [0.25, 0.3) is 11.6 Å². The lowest BCUT2D eigenvalue weighted by Crippen LogP contribution is -2.04. The van der Waals surface area contributed by atoms with Crippen molar-refractivity contribution in [1.82, 2.24) is 29.4 Å². The lowest BCUT2D eigenvalue weighted by molar-refractivity contribution is 0.0587. The van der Waals surface area contributed by atoms with E-state index in [4.69, 9.17) is 0 Å². The summed E-state index contributed by atoms with van der Waals surface area (Å²) in [7, 11) is 3.17. The molecule has 0 fully saturated rings. The second-order valence-corrected chi connectivity index (χ2v) is 4.64. The van der Waals surface area contributed by atoms with Crippen LogP contribution in [0.15, 0.2) is 12.3 Å². The summed E-state index contributed by atoms with van der Waals surface area (Å²) in [6.07, 6.45) is 1.63. The smallest absolute Gasteiger partial charge is 0.378 e. The third-order valence-electron chi connectivity index (χ3n) is 3.37. The minimum Gasteiger partial charge on any atom is -0.463 e. The normalized spacial score (nSPS) is 11.0. The van der Waals surface area contributed by atoms with Crippen LogP contribution in [0.3, 0.4) is 0 Å². The van der Waals surface area contributed by atoms with Crippen molar-refractivity contribution in [2.45, 2.75) is 13.8 Å². The molecule has 3 aromatic rings. The minimum absolute atomic E-state index is 0.0170. The first-order valence-electron chi connectivity index (χ1n) is 6.33. The highest BCUT2D eigenvalue weighted by atomic mass is 16.5. The van der Waals surface area contributed by atoms with Gasteiger partial charge in [0.15, 0.2) is 0 Å². The van der Waals surface area contributed by atoms with Gasteiger partial charge in [-0.2, -0.15) is 14.6 Å². The molecule has 3 heterocycles. The standard InChI is InChI=1S/C13H14N6O2/c1-7-10(8(2)18(3)16-7)9-5-6-14-13-15-11(12(20)21-4)17-19(9)13/h5-6H,1-4H3. The summed E-state index contributed by atoms with van der Waals surface area (Å²) in [5, 5.41) is 8.58. The van der Waals surface area contributed by atoms with Crippen molar-refractivity contribution in [2.24, 2.45) is 7.05 Å². The monoisotopic (exact) mass is 286 g/mol. The van der Waals surface area contributed by atoms with Gasteiger partial charge in [0.2, 0.25) is 0 Å². The van der Waals surface area contributed by atoms with E-state index in [0.29, 0.717) is 5.78 Å². The maximum Gasteiger partial charge on any atom is 0.378 e. The molecule has 108 valence electrons. The summed E-state index contributed by atoms with van der Waals surface area (Å²) in [4.78, 5) is 19.8. The third-order valence-corrected chi connectivity index (χ3v) is 3.37. The maximum atomic E-state index is 11.6. The van der Waals surface area contributed by atoms with Gasteiger partial charge in [0, 0.05) is 24.5 Å². The summed E-state index contributed by atoms with van der Waals surface area (Å²) in [5.41, 5.74) is 3.60. The Balaban J connectivity index is 2.28. The third kappa shape index (κ3) is 1.95. The number of aryl methyl sites for hydroxylation is 2. The van der Waals surface area contributed by atoms with Crippen LogP contribution >= 0.6 is 0 Å². The Morgan fingerprint density at radius 2 is 2.05 bits per heavy atom. The number of hydrogen-bond donors (Lipinski definition) is 0. The van der Waals surface area contributed by atoms with Crippen molar-refractivity contribution in [1.29, 1.82) is 0 Å². The Bertz CT molecular complexity index is 848. The Hall–Kier alpha value is -2.77. The highest BCUT2D eigenvalue weighted by Gasteiger charge is 2.19. The maximum absolute atomic E-state index is 11.6. The van der Waals surface area contributed by atoms with Crippen LogP contribution in [0.25, 0.3) is 17.0 Å². The minimum atomic E-state index is -0.592. The van der Waals surface area contributed by atoms with Crippen molar-refractivity contribution >= 4 is 11.7 Å². The van der Waals surface area contributed by atoms with Gasteiger partial charge in [0.05, 0.1) is 18.5 Å². The number of rotatable bonds is 2. The van der Waals surface area contributed by atoms with E-state index in [1.165, 1.54) is 11.6 Å². The molecule has 0 N–H and O–H groups in total. The van der Waals surface area contributed by atoms with Gasteiger partial charge in [-0.15, -0.1) is 5.10 Å². The summed E-state index contributed by atoms with van der Waals surface area (Å²) in [5.74, 6) is -0.265. The largest absolute Gasteiger partial charge is 0.463 e. The summed E-state index contributed by atoms with van der Waals surface area (Å²) >= 11 is 0. The van der Waals surface area contributed by atoms with Gasteiger partial charge >= 0.3 is 5.97 Å². The average molecular weight is 286 g/mol. The van der Waals surface area contributed by atoms with Crippen LogP contribution in [-0.2, 0) is 11.8 Å². The molecule has 0 aromatic carbocycles. The fourth-order valence-corrected chi connectivity index (χ4v) is 2.31. The van der Waals surface area contributed by atoms with Crippen LogP contribution in [0.1, 0.15) is 22.0 Å². The average Bonchev–Trinajstić information content (AvgIpc) is 3.00. The molecule has 0 bridgehead atoms. The first kappa shape index (κ1) is 13.2. The molecule has 0 aliphatic carbocycles. The molecule has 21 heavy (non-hydrogen) atoms. The molecule has 3 aromatic heterocycles. The Kier molecular flexibility index (Phi) is 2.93. The van der Waals surface area contributed by atoms with Gasteiger partial charge < -0.3 is 4.74 Å². The van der Waals surface area contributed by atoms with Crippen molar-refractivity contribution in [2.75, 3.05) is 7.11 Å². The molecule has 0 aliphatic rings. The first-order valence-corrected chi connectivity index (χ1v) is 6.33. The van der Waals surface area contributed by atoms with Crippen molar-refractivity contribution in [3.05, 3.63) is 29.5 Å². The highest BCUT2D eigenvalue weighted by Crippen LogP contribution is 2.26. The van der Waals surface area contributed by atoms with Gasteiger partial charge in [-0.3, -0.25) is 4.68 Å². The molecule has 3 rings (SSSR count). The summed E-state index contributed by atoms with van der Waals surface area (Å²) in [6.45, 7) is 3.90. The van der Waals surface area contributed by atoms with E-state index in [1.54, 1.807) is 10.9 Å². The van der Waals surface area contributed by atoms with Gasteiger partial charge in [-0.05, 0) is 19.9 Å². The SMILES string of the molecule is COC(=O)c1nc2nccc(-c3c(C)nn(C)c3C)n2n1. The molecule has 0 amide bonds. The van der Waals surface area contributed by atoms with Gasteiger partial charge in [0.1, 0.15) is 0 Å². The first-order chi connectivity index (χ1) is 10.0. The van der Waals surface area contributed by atoms with Crippen LogP contribution in [0.5, 0.6) is 0 Å². The molecule has 0 saturated carbocycles. The van der Waals surface area contributed by atoms with E-state index in [-0.39, 0.29) is 5.82 Å². The lowest BCUT2D eigenvalue weighted by atomic mass is 10.1. The molecule has 0 radical (unpaired) electrons. The van der Waals surface area contributed by atoms with Crippen LogP contribution in [0.2, 0.25) is 0 Å². The zero-order chi connectivity index (χ0) is 15.1. The fraction of sp³-hybridized carbons (Fsp3) is 0.308. The zero-order valence-electron chi connectivity index (χ0n) is 12.2. The zero-order valence-corrected chi connectivity index (χ0v) is 12.2. The fourth-order valence-electron chi connectivity index (χ4n) is 2.31. The number of methoxy groups -OCH3 is 1. The predicted molar refractivity (Wildman–Crippen MR) is 73.8 cm³/mol. The molecule has 0 unspecified atom stereocenters. The van der Waals surface area contributed by atoms with Crippen molar-refractivity contribution in [3.8, 4) is 11.3 Å². The van der Waals surface area contributed by atoms with Gasteiger partial charge in [-0.1, -0.05) is 0 Å². The van der Waals surface area contributed by atoms with E-state index in [1.807, 2.05) is 27.0 Å². The summed E-state index contributed by atoms with van der Waals surface area (Å²) in [6, 6.07) is 1.82. The van der Waals surface area contributed by atoms with E-state index in [9.17, 15) is 4.79 Å². The second kappa shape index (κ2) is 4.65. The molecular formula is C13H14N6O2. The van der Waals surface area contributed by atoms with Crippen LogP contribution in [0, 0.1) is 13.8 Å². The topological polar surface area (TPSA) is 87.2 Å². The van der Waals surface area contributed by atoms with Crippen LogP contribution in [0.4, 0.5) is 0 Å². The summed E-state index contributed by atoms with van der Waals surface area (Å²) < 4.78 is 7.97. The van der Waals surface area contributed by atoms with Gasteiger partial charge in [-0.25, -0.2) is 9.78 Å². The van der Waals surface area contributed by atoms with E-state index in [2.05, 4.69) is 24.9 Å². The number of ether oxygens (including phenoxy) is 1. The molecule has 0 saturated heterocycles. The number of nitrogens with zero attached hydrogens (tertiary/aromatic N) is 6. The quantitative estimate of drug-likeness (QED) is 0.651. The number of fused-ring (bicyclic) bond motifs is 1. The number of hydrogen-bond acceptors (Lipinski definition) is 6. The van der Waals surface area contributed by atoms with E-state index >= 15 is 0 Å². The molecule has 8 heteroatoms. The van der Waals surface area contributed by atoms with E-state index in [0.717, 1.165) is 22.6 Å².